The maximum atomic E-state index is 12.0. The number of halogens is 2. The van der Waals surface area contributed by atoms with Crippen molar-refractivity contribution in [2.24, 2.45) is 10.3 Å². The SMILES string of the molecule is COC(=O)C1CN(S(=O)(=O)/N=C2\NC(=O)NC2=C(Cl)Cl)C1. The lowest BCUT2D eigenvalue weighted by molar-refractivity contribution is -0.149. The van der Waals surface area contributed by atoms with Crippen molar-refractivity contribution in [2.45, 2.75) is 0 Å². The van der Waals surface area contributed by atoms with Crippen LogP contribution in [0.25, 0.3) is 0 Å². The topological polar surface area (TPSA) is 117 Å². The molecule has 0 radical (unpaired) electrons. The maximum Gasteiger partial charge on any atom is 0.325 e. The predicted octanol–water partition coefficient (Wildman–Crippen LogP) is -0.306. The fraction of sp³-hybridized carbons (Fsp3) is 0.444. The van der Waals surface area contributed by atoms with E-state index in [4.69, 9.17) is 23.2 Å². The zero-order chi connectivity index (χ0) is 15.8. The number of hydrogen-bond donors (Lipinski definition) is 2. The van der Waals surface area contributed by atoms with Gasteiger partial charge in [-0.3, -0.25) is 10.1 Å². The van der Waals surface area contributed by atoms with Crippen LogP contribution in [0.4, 0.5) is 4.79 Å². The Morgan fingerprint density at radius 1 is 1.38 bits per heavy atom. The van der Waals surface area contributed by atoms with E-state index in [0.29, 0.717) is 0 Å². The van der Waals surface area contributed by atoms with Gasteiger partial charge in [0, 0.05) is 13.1 Å². The Morgan fingerprint density at radius 2 is 2.00 bits per heavy atom. The zero-order valence-corrected chi connectivity index (χ0v) is 12.9. The average Bonchev–Trinajstić information content (AvgIpc) is 2.66. The van der Waals surface area contributed by atoms with Gasteiger partial charge in [-0.05, 0) is 0 Å². The number of rotatable bonds is 3. The molecule has 2 fully saturated rings. The van der Waals surface area contributed by atoms with E-state index in [9.17, 15) is 18.0 Å². The smallest absolute Gasteiger partial charge is 0.325 e. The van der Waals surface area contributed by atoms with Crippen LogP contribution < -0.4 is 10.6 Å². The summed E-state index contributed by atoms with van der Waals surface area (Å²) < 4.78 is 32.6. The predicted molar refractivity (Wildman–Crippen MR) is 73.8 cm³/mol. The molecule has 9 nitrogen and oxygen atoms in total. The van der Waals surface area contributed by atoms with Crippen LogP contribution in [-0.2, 0) is 19.7 Å². The lowest BCUT2D eigenvalue weighted by atomic mass is 10.0. The standard InChI is InChI=1S/C9H10Cl2N4O5S/c1-20-8(16)4-2-15(3-4)21(18,19)14-7-5(6(10)11)12-9(17)13-7/h4H,2-3H2,1H3,(H2,12,13,14,17). The second-order valence-electron chi connectivity index (χ2n) is 4.17. The Bertz CT molecular complexity index is 649. The fourth-order valence-electron chi connectivity index (χ4n) is 1.69. The number of amides is 2. The number of ether oxygens (including phenoxy) is 1. The van der Waals surface area contributed by atoms with E-state index in [2.05, 4.69) is 19.8 Å². The number of hydrogen-bond acceptors (Lipinski definition) is 5. The normalized spacial score (nSPS) is 21.8. The first-order valence-corrected chi connectivity index (χ1v) is 7.71. The Hall–Kier alpha value is -1.36. The van der Waals surface area contributed by atoms with E-state index < -0.39 is 28.1 Å². The van der Waals surface area contributed by atoms with Gasteiger partial charge < -0.3 is 10.1 Å². The first-order chi connectivity index (χ1) is 9.74. The molecule has 2 N–H and O–H groups in total. The molecule has 0 aromatic carbocycles. The summed E-state index contributed by atoms with van der Waals surface area (Å²) in [5.41, 5.74) is -0.128. The van der Waals surface area contributed by atoms with Crippen LogP contribution in [-0.4, -0.2) is 50.8 Å². The summed E-state index contributed by atoms with van der Waals surface area (Å²) in [6.07, 6.45) is 0. The monoisotopic (exact) mass is 356 g/mol. The van der Waals surface area contributed by atoms with Crippen LogP contribution in [0.2, 0.25) is 0 Å². The van der Waals surface area contributed by atoms with Gasteiger partial charge in [0.1, 0.15) is 10.2 Å². The van der Waals surface area contributed by atoms with Crippen LogP contribution in [0.15, 0.2) is 14.6 Å². The highest BCUT2D eigenvalue weighted by atomic mass is 35.5. The third-order valence-electron chi connectivity index (χ3n) is 2.81. The molecular weight excluding hydrogens is 347 g/mol. The highest BCUT2D eigenvalue weighted by Gasteiger charge is 2.41. The molecule has 0 aliphatic carbocycles. The molecule has 116 valence electrons. The molecule has 2 aliphatic heterocycles. The quantitative estimate of drug-likeness (QED) is 0.672. The molecule has 12 heteroatoms. The van der Waals surface area contributed by atoms with Crippen LogP contribution in [0.3, 0.4) is 0 Å². The van der Waals surface area contributed by atoms with Gasteiger partial charge in [-0.1, -0.05) is 23.2 Å². The number of nitrogens with one attached hydrogen (secondary N) is 2. The van der Waals surface area contributed by atoms with Crippen LogP contribution >= 0.6 is 23.2 Å². The Balaban J connectivity index is 2.15. The molecule has 0 aromatic rings. The molecule has 2 aliphatic rings. The molecule has 0 bridgehead atoms. The minimum Gasteiger partial charge on any atom is -0.469 e. The zero-order valence-electron chi connectivity index (χ0n) is 10.6. The van der Waals surface area contributed by atoms with Gasteiger partial charge in [0.05, 0.1) is 13.0 Å². The number of carbonyl (C=O) groups excluding carboxylic acids is 2. The number of amidine groups is 1. The Morgan fingerprint density at radius 3 is 2.52 bits per heavy atom. The molecule has 0 aromatic heterocycles. The van der Waals surface area contributed by atoms with E-state index in [-0.39, 0.29) is 29.1 Å². The summed E-state index contributed by atoms with van der Waals surface area (Å²) in [5, 5.41) is 4.38. The van der Waals surface area contributed by atoms with Crippen molar-refractivity contribution in [3.05, 3.63) is 10.2 Å². The van der Waals surface area contributed by atoms with Gasteiger partial charge in [-0.15, -0.1) is 4.40 Å². The largest absolute Gasteiger partial charge is 0.469 e. The summed E-state index contributed by atoms with van der Waals surface area (Å²) in [6.45, 7) is -0.0817. The van der Waals surface area contributed by atoms with E-state index in [1.165, 1.54) is 7.11 Å². The van der Waals surface area contributed by atoms with Crippen molar-refractivity contribution < 1.29 is 22.7 Å². The fourth-order valence-corrected chi connectivity index (χ4v) is 3.19. The lowest BCUT2D eigenvalue weighted by Crippen LogP contribution is -2.52. The number of methoxy groups -OCH3 is 1. The van der Waals surface area contributed by atoms with Crippen molar-refractivity contribution in [3.63, 3.8) is 0 Å². The minimum absolute atomic E-state index is 0.0409. The summed E-state index contributed by atoms with van der Waals surface area (Å²) in [4.78, 5) is 22.4. The Labute approximate surface area is 130 Å². The van der Waals surface area contributed by atoms with Gasteiger partial charge in [0.15, 0.2) is 5.84 Å². The van der Waals surface area contributed by atoms with E-state index in [1.807, 2.05) is 0 Å². The van der Waals surface area contributed by atoms with Crippen molar-refractivity contribution in [1.82, 2.24) is 14.9 Å². The average molecular weight is 357 g/mol. The molecule has 0 unspecified atom stereocenters. The molecule has 0 atom stereocenters. The number of nitrogens with zero attached hydrogens (tertiary/aromatic N) is 2. The first-order valence-electron chi connectivity index (χ1n) is 5.56. The molecule has 0 spiro atoms. The highest BCUT2D eigenvalue weighted by molar-refractivity contribution is 7.88. The summed E-state index contributed by atoms with van der Waals surface area (Å²) in [7, 11) is -2.84. The number of carbonyl (C=O) groups is 2. The van der Waals surface area contributed by atoms with E-state index >= 15 is 0 Å². The van der Waals surface area contributed by atoms with Crippen molar-refractivity contribution in [1.29, 1.82) is 0 Å². The highest BCUT2D eigenvalue weighted by Crippen LogP contribution is 2.23. The molecular formula is C9H10Cl2N4O5S. The third kappa shape index (κ3) is 3.28. The van der Waals surface area contributed by atoms with Gasteiger partial charge in [-0.2, -0.15) is 12.7 Å². The van der Waals surface area contributed by atoms with E-state index in [0.717, 1.165) is 4.31 Å². The molecule has 2 heterocycles. The van der Waals surface area contributed by atoms with Crippen molar-refractivity contribution in [2.75, 3.05) is 20.2 Å². The van der Waals surface area contributed by atoms with Crippen LogP contribution in [0.5, 0.6) is 0 Å². The number of urea groups is 1. The summed E-state index contributed by atoms with van der Waals surface area (Å²) >= 11 is 11.0. The van der Waals surface area contributed by atoms with Crippen molar-refractivity contribution >= 4 is 51.2 Å². The first kappa shape index (κ1) is 16.0. The molecule has 2 amide bonds. The maximum absolute atomic E-state index is 12.0. The molecule has 2 saturated heterocycles. The molecule has 21 heavy (non-hydrogen) atoms. The minimum atomic E-state index is -4.06. The van der Waals surface area contributed by atoms with Crippen molar-refractivity contribution in [3.8, 4) is 0 Å². The summed E-state index contributed by atoms with van der Waals surface area (Å²) in [6, 6.07) is -0.700. The summed E-state index contributed by atoms with van der Waals surface area (Å²) in [5.74, 6) is -1.32. The second kappa shape index (κ2) is 5.79. The molecule has 2 rings (SSSR count). The number of esters is 1. The third-order valence-corrected chi connectivity index (χ3v) is 4.55. The van der Waals surface area contributed by atoms with E-state index in [1.54, 1.807) is 0 Å². The Kier molecular flexibility index (Phi) is 4.42. The second-order valence-corrected chi connectivity index (χ2v) is 6.71. The van der Waals surface area contributed by atoms with Crippen LogP contribution in [0, 0.1) is 5.92 Å². The van der Waals surface area contributed by atoms with Crippen LogP contribution in [0.1, 0.15) is 0 Å². The molecule has 0 saturated carbocycles. The van der Waals surface area contributed by atoms with Gasteiger partial charge in [-0.25, -0.2) is 4.79 Å². The van der Waals surface area contributed by atoms with Gasteiger partial charge in [0.25, 0.3) is 0 Å². The van der Waals surface area contributed by atoms with Gasteiger partial charge >= 0.3 is 22.2 Å². The van der Waals surface area contributed by atoms with Gasteiger partial charge in [0.2, 0.25) is 0 Å². The lowest BCUT2D eigenvalue weighted by Gasteiger charge is -2.34.